The van der Waals surface area contributed by atoms with E-state index in [1.807, 2.05) is 6.92 Å². The Morgan fingerprint density at radius 1 is 1.64 bits per heavy atom. The Labute approximate surface area is 87.3 Å². The Morgan fingerprint density at radius 3 is 2.71 bits per heavy atom. The Kier molecular flexibility index (Phi) is 2.30. The lowest BCUT2D eigenvalue weighted by molar-refractivity contribution is -0.0284. The molecule has 14 heavy (non-hydrogen) atoms. The summed E-state index contributed by atoms with van der Waals surface area (Å²) in [7, 11) is 0. The van der Waals surface area contributed by atoms with Gasteiger partial charge in [-0.05, 0) is 13.3 Å². The number of rotatable bonds is 2. The van der Waals surface area contributed by atoms with Crippen LogP contribution in [0.3, 0.4) is 0 Å². The van der Waals surface area contributed by atoms with Gasteiger partial charge in [-0.3, -0.25) is 0 Å². The predicted molar refractivity (Wildman–Crippen MR) is 54.3 cm³/mol. The van der Waals surface area contributed by atoms with E-state index < -0.39 is 5.41 Å². The topological polar surface area (TPSA) is 45.9 Å². The van der Waals surface area contributed by atoms with Crippen molar-refractivity contribution < 1.29 is 4.74 Å². The minimum atomic E-state index is -0.394. The number of nitriles is 1. The average Bonchev–Trinajstić information content (AvgIpc) is 2.48. The molecule has 2 heterocycles. The normalized spacial score (nSPS) is 18.6. The largest absolute Gasteiger partial charge is 0.377 e. The van der Waals surface area contributed by atoms with E-state index in [2.05, 4.69) is 18.0 Å². The molecule has 1 aliphatic heterocycles. The molecule has 74 valence electrons. The molecule has 0 bridgehead atoms. The van der Waals surface area contributed by atoms with E-state index in [0.717, 1.165) is 22.0 Å². The summed E-state index contributed by atoms with van der Waals surface area (Å²) < 4.78 is 5.14. The molecule has 0 amide bonds. The van der Waals surface area contributed by atoms with Crippen molar-refractivity contribution in [1.29, 1.82) is 5.26 Å². The highest BCUT2D eigenvalue weighted by molar-refractivity contribution is 7.12. The molecule has 1 aliphatic rings. The van der Waals surface area contributed by atoms with E-state index >= 15 is 0 Å². The highest BCUT2D eigenvalue weighted by Gasteiger charge is 2.43. The molecule has 0 spiro atoms. The van der Waals surface area contributed by atoms with Gasteiger partial charge < -0.3 is 4.74 Å². The predicted octanol–water partition coefficient (Wildman–Crippen LogP) is 1.81. The van der Waals surface area contributed by atoms with Crippen LogP contribution in [0.5, 0.6) is 0 Å². The number of hydrogen-bond donors (Lipinski definition) is 0. The van der Waals surface area contributed by atoms with Crippen LogP contribution in [0.25, 0.3) is 0 Å². The summed E-state index contributed by atoms with van der Waals surface area (Å²) >= 11 is 1.65. The van der Waals surface area contributed by atoms with Crippen molar-refractivity contribution in [3.63, 3.8) is 0 Å². The smallest absolute Gasteiger partial charge is 0.140 e. The molecular weight excluding hydrogens is 196 g/mol. The van der Waals surface area contributed by atoms with E-state index in [-0.39, 0.29) is 0 Å². The highest BCUT2D eigenvalue weighted by atomic mass is 32.1. The first-order valence-corrected chi connectivity index (χ1v) is 5.49. The fourth-order valence-corrected chi connectivity index (χ4v) is 2.71. The van der Waals surface area contributed by atoms with E-state index in [9.17, 15) is 0 Å². The quantitative estimate of drug-likeness (QED) is 0.744. The summed E-state index contributed by atoms with van der Waals surface area (Å²) in [5.41, 5.74) is 0.603. The van der Waals surface area contributed by atoms with E-state index in [1.165, 1.54) is 0 Å². The van der Waals surface area contributed by atoms with Crippen molar-refractivity contribution in [3.8, 4) is 6.07 Å². The molecule has 0 aliphatic carbocycles. The van der Waals surface area contributed by atoms with E-state index in [0.29, 0.717) is 13.2 Å². The zero-order valence-corrected chi connectivity index (χ0v) is 9.15. The molecule has 0 radical (unpaired) electrons. The van der Waals surface area contributed by atoms with Crippen LogP contribution in [0.15, 0.2) is 0 Å². The van der Waals surface area contributed by atoms with Crippen LogP contribution >= 0.6 is 11.3 Å². The first-order chi connectivity index (χ1) is 6.72. The number of aromatic nitrogens is 1. The van der Waals surface area contributed by atoms with Gasteiger partial charge in [0.15, 0.2) is 0 Å². The molecule has 0 N–H and O–H groups in total. The molecular formula is C10H12N2OS. The number of ether oxygens (including phenoxy) is 1. The number of nitrogens with zero attached hydrogens (tertiary/aromatic N) is 2. The Bertz CT molecular complexity index is 387. The Morgan fingerprint density at radius 2 is 2.36 bits per heavy atom. The molecule has 1 aromatic heterocycles. The molecule has 1 aromatic rings. The first kappa shape index (κ1) is 9.63. The van der Waals surface area contributed by atoms with Gasteiger partial charge in [0.05, 0.1) is 34.9 Å². The van der Waals surface area contributed by atoms with Gasteiger partial charge in [0, 0.05) is 0 Å². The Hall–Kier alpha value is -0.920. The standard InChI is InChI=1S/C10H12N2OS/c1-3-8-12-7(2)9(14-8)10(4-11)5-13-6-10/h3,5-6H2,1-2H3. The van der Waals surface area contributed by atoms with Gasteiger partial charge >= 0.3 is 0 Å². The lowest BCUT2D eigenvalue weighted by Crippen LogP contribution is -2.45. The Balaban J connectivity index is 2.40. The number of hydrogen-bond acceptors (Lipinski definition) is 4. The third-order valence-corrected chi connectivity index (χ3v) is 3.99. The summed E-state index contributed by atoms with van der Waals surface area (Å²) in [6.07, 6.45) is 0.938. The minimum Gasteiger partial charge on any atom is -0.377 e. The number of thiazole rings is 1. The molecule has 1 fully saturated rings. The van der Waals surface area contributed by atoms with Crippen LogP contribution in [-0.4, -0.2) is 18.2 Å². The maximum absolute atomic E-state index is 9.15. The van der Waals surface area contributed by atoms with Crippen LogP contribution in [-0.2, 0) is 16.6 Å². The summed E-state index contributed by atoms with van der Waals surface area (Å²) in [5, 5.41) is 10.3. The van der Waals surface area contributed by atoms with Gasteiger partial charge in [0.2, 0.25) is 0 Å². The zero-order valence-electron chi connectivity index (χ0n) is 8.33. The van der Waals surface area contributed by atoms with Crippen molar-refractivity contribution >= 4 is 11.3 Å². The second kappa shape index (κ2) is 3.34. The maximum Gasteiger partial charge on any atom is 0.140 e. The van der Waals surface area contributed by atoms with Gasteiger partial charge in [0.25, 0.3) is 0 Å². The fraction of sp³-hybridized carbons (Fsp3) is 0.600. The molecule has 0 aromatic carbocycles. The average molecular weight is 208 g/mol. The second-order valence-corrected chi connectivity index (χ2v) is 4.65. The minimum absolute atomic E-state index is 0.394. The van der Waals surface area contributed by atoms with Gasteiger partial charge in [-0.2, -0.15) is 5.26 Å². The van der Waals surface area contributed by atoms with Crippen molar-refractivity contribution in [2.45, 2.75) is 25.7 Å². The highest BCUT2D eigenvalue weighted by Crippen LogP contribution is 2.37. The first-order valence-electron chi connectivity index (χ1n) is 4.67. The lowest BCUT2D eigenvalue weighted by atomic mass is 9.85. The number of aryl methyl sites for hydroxylation is 2. The SMILES string of the molecule is CCc1nc(C)c(C2(C#N)COC2)s1. The van der Waals surface area contributed by atoms with Crippen LogP contribution in [0, 0.1) is 18.3 Å². The van der Waals surface area contributed by atoms with Gasteiger partial charge in [0.1, 0.15) is 5.41 Å². The monoisotopic (exact) mass is 208 g/mol. The molecule has 3 nitrogen and oxygen atoms in total. The summed E-state index contributed by atoms with van der Waals surface area (Å²) in [5.74, 6) is 0. The van der Waals surface area contributed by atoms with Crippen LogP contribution in [0.2, 0.25) is 0 Å². The molecule has 0 saturated carbocycles. The van der Waals surface area contributed by atoms with Crippen molar-refractivity contribution in [3.05, 3.63) is 15.6 Å². The van der Waals surface area contributed by atoms with Gasteiger partial charge in [-0.15, -0.1) is 11.3 Å². The van der Waals surface area contributed by atoms with Crippen molar-refractivity contribution in [1.82, 2.24) is 4.98 Å². The van der Waals surface area contributed by atoms with Crippen molar-refractivity contribution in [2.24, 2.45) is 0 Å². The summed E-state index contributed by atoms with van der Waals surface area (Å²) in [6, 6.07) is 2.35. The molecule has 0 unspecified atom stereocenters. The van der Waals surface area contributed by atoms with Crippen LogP contribution in [0.1, 0.15) is 22.5 Å². The second-order valence-electron chi connectivity index (χ2n) is 3.56. The molecule has 2 rings (SSSR count). The van der Waals surface area contributed by atoms with Crippen LogP contribution in [0.4, 0.5) is 0 Å². The lowest BCUT2D eigenvalue weighted by Gasteiger charge is -2.34. The summed E-state index contributed by atoms with van der Waals surface area (Å²) in [6.45, 7) is 5.10. The van der Waals surface area contributed by atoms with E-state index in [4.69, 9.17) is 10.00 Å². The molecule has 4 heteroatoms. The third-order valence-electron chi connectivity index (χ3n) is 2.49. The molecule has 1 saturated heterocycles. The zero-order chi connectivity index (χ0) is 10.2. The van der Waals surface area contributed by atoms with Gasteiger partial charge in [-0.25, -0.2) is 4.98 Å². The van der Waals surface area contributed by atoms with Crippen molar-refractivity contribution in [2.75, 3.05) is 13.2 Å². The fourth-order valence-electron chi connectivity index (χ4n) is 1.60. The maximum atomic E-state index is 9.15. The van der Waals surface area contributed by atoms with Crippen LogP contribution < -0.4 is 0 Å². The summed E-state index contributed by atoms with van der Waals surface area (Å²) in [4.78, 5) is 5.54. The molecule has 0 atom stereocenters. The third kappa shape index (κ3) is 1.24. The van der Waals surface area contributed by atoms with Gasteiger partial charge in [-0.1, -0.05) is 6.92 Å². The van der Waals surface area contributed by atoms with E-state index in [1.54, 1.807) is 11.3 Å².